The van der Waals surface area contributed by atoms with Crippen molar-refractivity contribution in [1.82, 2.24) is 5.32 Å². The first-order valence-electron chi connectivity index (χ1n) is 7.43. The average Bonchev–Trinajstić information content (AvgIpc) is 2.79. The molecule has 0 aliphatic carbocycles. The van der Waals surface area contributed by atoms with Gasteiger partial charge in [0.25, 0.3) is 5.91 Å². The molecular formula is C17H20ClNO2. The summed E-state index contributed by atoms with van der Waals surface area (Å²) in [5, 5.41) is 3.63. The molecule has 0 radical (unpaired) electrons. The van der Waals surface area contributed by atoms with Crippen molar-refractivity contribution < 1.29 is 9.53 Å². The maximum atomic E-state index is 12.4. The summed E-state index contributed by atoms with van der Waals surface area (Å²) in [5.74, 6) is 0.417. The van der Waals surface area contributed by atoms with E-state index in [-0.39, 0.29) is 5.91 Å². The van der Waals surface area contributed by atoms with Crippen LogP contribution in [0.4, 0.5) is 0 Å². The molecule has 2 heterocycles. The fourth-order valence-corrected chi connectivity index (χ4v) is 3.61. The Hall–Kier alpha value is -1.32. The highest BCUT2D eigenvalue weighted by molar-refractivity contribution is 6.30. The van der Waals surface area contributed by atoms with Crippen LogP contribution in [0, 0.1) is 5.92 Å². The third kappa shape index (κ3) is 2.49. The Labute approximate surface area is 130 Å². The number of hydrogen-bond acceptors (Lipinski definition) is 2. The van der Waals surface area contributed by atoms with Gasteiger partial charge < -0.3 is 10.1 Å². The Balaban J connectivity index is 2.15. The number of nitrogens with one attached hydrogen (secondary N) is 1. The molecular weight excluding hydrogens is 286 g/mol. The van der Waals surface area contributed by atoms with Gasteiger partial charge >= 0.3 is 0 Å². The van der Waals surface area contributed by atoms with Gasteiger partial charge in [0.1, 0.15) is 5.60 Å². The van der Waals surface area contributed by atoms with E-state index in [2.05, 4.69) is 19.2 Å². The largest absolute Gasteiger partial charge is 0.361 e. The van der Waals surface area contributed by atoms with E-state index in [1.807, 2.05) is 24.3 Å². The van der Waals surface area contributed by atoms with Gasteiger partial charge in [-0.05, 0) is 42.0 Å². The molecule has 2 aliphatic heterocycles. The molecule has 0 saturated heterocycles. The quantitative estimate of drug-likeness (QED) is 0.929. The van der Waals surface area contributed by atoms with Crippen molar-refractivity contribution in [2.75, 3.05) is 13.2 Å². The maximum Gasteiger partial charge on any atom is 0.250 e. The van der Waals surface area contributed by atoms with Gasteiger partial charge in [-0.2, -0.15) is 0 Å². The lowest BCUT2D eigenvalue weighted by atomic mass is 9.77. The van der Waals surface area contributed by atoms with Crippen molar-refractivity contribution in [3.8, 4) is 0 Å². The molecule has 1 atom stereocenters. The molecule has 0 spiro atoms. The highest BCUT2D eigenvalue weighted by Crippen LogP contribution is 2.47. The minimum Gasteiger partial charge on any atom is -0.361 e. The monoisotopic (exact) mass is 305 g/mol. The molecule has 112 valence electrons. The fourth-order valence-electron chi connectivity index (χ4n) is 3.42. The first-order chi connectivity index (χ1) is 10.0. The molecule has 3 nitrogen and oxygen atoms in total. The van der Waals surface area contributed by atoms with Crippen LogP contribution in [0.25, 0.3) is 0 Å². The zero-order chi connectivity index (χ0) is 15.0. The molecule has 0 bridgehead atoms. The summed E-state index contributed by atoms with van der Waals surface area (Å²) < 4.78 is 6.22. The van der Waals surface area contributed by atoms with Crippen LogP contribution in [0.15, 0.2) is 35.4 Å². The highest BCUT2D eigenvalue weighted by atomic mass is 35.5. The van der Waals surface area contributed by atoms with Crippen LogP contribution in [0.2, 0.25) is 5.02 Å². The van der Waals surface area contributed by atoms with Crippen LogP contribution in [0.5, 0.6) is 0 Å². The first kappa shape index (κ1) is 14.6. The van der Waals surface area contributed by atoms with E-state index in [1.54, 1.807) is 0 Å². The summed E-state index contributed by atoms with van der Waals surface area (Å²) in [6.07, 6.45) is 1.65. The van der Waals surface area contributed by atoms with Crippen molar-refractivity contribution in [2.24, 2.45) is 5.92 Å². The third-order valence-corrected chi connectivity index (χ3v) is 4.41. The van der Waals surface area contributed by atoms with Crippen LogP contribution < -0.4 is 5.32 Å². The van der Waals surface area contributed by atoms with E-state index in [0.717, 1.165) is 29.6 Å². The topological polar surface area (TPSA) is 38.3 Å². The lowest BCUT2D eigenvalue weighted by Gasteiger charge is -2.34. The standard InChI is InChI=1S/C17H20ClNO2/c1-11(2)9-17(13-4-3-5-14(18)8-13)15-12(10-21-17)6-7-19-16(15)20/h3-5,8,11H,6-7,9-10H2,1-2H3,(H,19,20). The summed E-state index contributed by atoms with van der Waals surface area (Å²) in [5.41, 5.74) is 2.27. The number of amides is 1. The van der Waals surface area contributed by atoms with E-state index < -0.39 is 5.60 Å². The van der Waals surface area contributed by atoms with Gasteiger partial charge in [0.2, 0.25) is 0 Å². The van der Waals surface area contributed by atoms with Crippen LogP contribution >= 0.6 is 11.6 Å². The number of carbonyl (C=O) groups is 1. The van der Waals surface area contributed by atoms with Crippen LogP contribution in [-0.4, -0.2) is 19.1 Å². The Morgan fingerprint density at radius 2 is 2.24 bits per heavy atom. The summed E-state index contributed by atoms with van der Waals surface area (Å²) in [4.78, 5) is 12.4. The molecule has 4 heteroatoms. The van der Waals surface area contributed by atoms with Gasteiger partial charge in [-0.15, -0.1) is 0 Å². The van der Waals surface area contributed by atoms with E-state index in [9.17, 15) is 4.79 Å². The molecule has 1 N–H and O–H groups in total. The number of hydrogen-bond donors (Lipinski definition) is 1. The van der Waals surface area contributed by atoms with E-state index in [4.69, 9.17) is 16.3 Å². The zero-order valence-corrected chi connectivity index (χ0v) is 13.2. The number of halogens is 1. The summed E-state index contributed by atoms with van der Waals surface area (Å²) >= 11 is 6.16. The molecule has 1 aromatic rings. The second-order valence-electron chi connectivity index (χ2n) is 6.21. The molecule has 2 aliphatic rings. The van der Waals surface area contributed by atoms with E-state index >= 15 is 0 Å². The van der Waals surface area contributed by atoms with Crippen molar-refractivity contribution in [3.63, 3.8) is 0 Å². The SMILES string of the molecule is CC(C)CC1(c2cccc(Cl)c2)OCC2=C1C(=O)NCC2. The van der Waals surface area contributed by atoms with Crippen LogP contribution in [0.3, 0.4) is 0 Å². The van der Waals surface area contributed by atoms with Gasteiger partial charge in [0.15, 0.2) is 0 Å². The van der Waals surface area contributed by atoms with Crippen molar-refractivity contribution in [1.29, 1.82) is 0 Å². The number of carbonyl (C=O) groups excluding carboxylic acids is 1. The minimum absolute atomic E-state index is 0.00868. The van der Waals surface area contributed by atoms with Crippen molar-refractivity contribution in [2.45, 2.75) is 32.3 Å². The summed E-state index contributed by atoms with van der Waals surface area (Å²) in [6.45, 7) is 5.54. The fraction of sp³-hybridized carbons (Fsp3) is 0.471. The molecule has 0 saturated carbocycles. The Kier molecular flexibility index (Phi) is 3.80. The molecule has 3 rings (SSSR count). The Morgan fingerprint density at radius 3 is 2.95 bits per heavy atom. The summed E-state index contributed by atoms with van der Waals surface area (Å²) in [6, 6.07) is 7.69. The van der Waals surface area contributed by atoms with E-state index in [1.165, 1.54) is 0 Å². The zero-order valence-electron chi connectivity index (χ0n) is 12.4. The number of ether oxygens (including phenoxy) is 1. The van der Waals surface area contributed by atoms with Gasteiger partial charge in [-0.1, -0.05) is 37.6 Å². The summed E-state index contributed by atoms with van der Waals surface area (Å²) in [7, 11) is 0. The highest BCUT2D eigenvalue weighted by Gasteiger charge is 2.48. The third-order valence-electron chi connectivity index (χ3n) is 4.18. The normalized spacial score (nSPS) is 25.2. The van der Waals surface area contributed by atoms with Gasteiger partial charge in [-0.25, -0.2) is 0 Å². The van der Waals surface area contributed by atoms with Crippen LogP contribution in [-0.2, 0) is 15.1 Å². The predicted molar refractivity (Wildman–Crippen MR) is 83.2 cm³/mol. The number of rotatable bonds is 3. The van der Waals surface area contributed by atoms with Gasteiger partial charge in [0.05, 0.1) is 12.2 Å². The average molecular weight is 306 g/mol. The first-order valence-corrected chi connectivity index (χ1v) is 7.81. The van der Waals surface area contributed by atoms with E-state index in [0.29, 0.717) is 24.1 Å². The predicted octanol–water partition coefficient (Wildman–Crippen LogP) is 3.43. The molecule has 1 unspecified atom stereocenters. The van der Waals surface area contributed by atoms with Crippen molar-refractivity contribution in [3.05, 3.63) is 46.0 Å². The Morgan fingerprint density at radius 1 is 1.43 bits per heavy atom. The lowest BCUT2D eigenvalue weighted by Crippen LogP contribution is -2.40. The Bertz CT molecular complexity index is 609. The molecule has 21 heavy (non-hydrogen) atoms. The second-order valence-corrected chi connectivity index (χ2v) is 6.64. The minimum atomic E-state index is -0.654. The second kappa shape index (κ2) is 5.47. The van der Waals surface area contributed by atoms with Crippen molar-refractivity contribution >= 4 is 17.5 Å². The molecule has 0 fully saturated rings. The molecule has 1 aromatic carbocycles. The maximum absolute atomic E-state index is 12.4. The molecule has 1 amide bonds. The van der Waals surface area contributed by atoms with Gasteiger partial charge in [-0.3, -0.25) is 4.79 Å². The molecule has 0 aromatic heterocycles. The van der Waals surface area contributed by atoms with Crippen LogP contribution in [0.1, 0.15) is 32.3 Å². The number of benzene rings is 1. The lowest BCUT2D eigenvalue weighted by molar-refractivity contribution is -0.120. The smallest absolute Gasteiger partial charge is 0.250 e. The van der Waals surface area contributed by atoms with Gasteiger partial charge in [0, 0.05) is 11.6 Å².